The van der Waals surface area contributed by atoms with Crippen LogP contribution in [0.2, 0.25) is 0 Å². The van der Waals surface area contributed by atoms with Crippen LogP contribution in [0.15, 0.2) is 0 Å². The number of hydrogen-bond acceptors (Lipinski definition) is 5. The number of amides is 2. The SMILES string of the molecule is CCOC(=O)CN(C(=O)N[C@@H](CCO)C(=O)O)C1CC1. The molecule has 0 saturated heterocycles. The molecule has 0 aromatic heterocycles. The number of hydrogen-bond donors (Lipinski definition) is 3. The lowest BCUT2D eigenvalue weighted by molar-refractivity contribution is -0.143. The second-order valence-electron chi connectivity index (χ2n) is 4.52. The number of nitrogens with one attached hydrogen (secondary N) is 1. The van der Waals surface area contributed by atoms with E-state index in [1.807, 2.05) is 0 Å². The first-order valence-electron chi connectivity index (χ1n) is 6.56. The molecular formula is C12H20N2O6. The minimum absolute atomic E-state index is 0.0528. The summed E-state index contributed by atoms with van der Waals surface area (Å²) in [5.74, 6) is -1.75. The van der Waals surface area contributed by atoms with E-state index in [2.05, 4.69) is 5.32 Å². The minimum Gasteiger partial charge on any atom is -0.480 e. The Labute approximate surface area is 116 Å². The third-order valence-corrected chi connectivity index (χ3v) is 2.87. The van der Waals surface area contributed by atoms with E-state index in [0.717, 1.165) is 12.8 Å². The van der Waals surface area contributed by atoms with Gasteiger partial charge in [-0.1, -0.05) is 0 Å². The van der Waals surface area contributed by atoms with Crippen LogP contribution in [0.3, 0.4) is 0 Å². The smallest absolute Gasteiger partial charge is 0.326 e. The maximum absolute atomic E-state index is 12.0. The molecule has 0 unspecified atom stereocenters. The van der Waals surface area contributed by atoms with E-state index in [-0.39, 0.29) is 32.2 Å². The minimum atomic E-state index is -1.22. The molecule has 1 aliphatic carbocycles. The Hall–Kier alpha value is -1.83. The molecule has 8 nitrogen and oxygen atoms in total. The standard InChI is InChI=1S/C12H20N2O6/c1-2-20-10(16)7-14(8-3-4-8)12(19)13-9(5-6-15)11(17)18/h8-9,15H,2-7H2,1H3,(H,13,19)(H,17,18)/t9-/m0/s1. The zero-order chi connectivity index (χ0) is 15.1. The highest BCUT2D eigenvalue weighted by Crippen LogP contribution is 2.26. The van der Waals surface area contributed by atoms with E-state index in [1.54, 1.807) is 6.92 Å². The molecule has 3 N–H and O–H groups in total. The van der Waals surface area contributed by atoms with Gasteiger partial charge in [0.25, 0.3) is 0 Å². The summed E-state index contributed by atoms with van der Waals surface area (Å²) in [4.78, 5) is 35.7. The number of aliphatic carboxylic acids is 1. The van der Waals surface area contributed by atoms with Crippen molar-refractivity contribution in [2.45, 2.75) is 38.3 Å². The average molecular weight is 288 g/mol. The van der Waals surface area contributed by atoms with Crippen LogP contribution in [0.5, 0.6) is 0 Å². The number of esters is 1. The van der Waals surface area contributed by atoms with Crippen LogP contribution in [-0.2, 0) is 14.3 Å². The highest BCUT2D eigenvalue weighted by molar-refractivity contribution is 5.85. The second-order valence-corrected chi connectivity index (χ2v) is 4.52. The Morgan fingerprint density at radius 1 is 1.40 bits per heavy atom. The first-order valence-corrected chi connectivity index (χ1v) is 6.56. The maximum Gasteiger partial charge on any atom is 0.326 e. The third-order valence-electron chi connectivity index (χ3n) is 2.87. The van der Waals surface area contributed by atoms with Crippen LogP contribution in [0.25, 0.3) is 0 Å². The van der Waals surface area contributed by atoms with Gasteiger partial charge in [-0.25, -0.2) is 9.59 Å². The Kier molecular flexibility index (Phi) is 6.23. The van der Waals surface area contributed by atoms with Crippen LogP contribution < -0.4 is 5.32 Å². The molecule has 114 valence electrons. The van der Waals surface area contributed by atoms with Gasteiger partial charge in [-0.15, -0.1) is 0 Å². The van der Waals surface area contributed by atoms with Crippen LogP contribution >= 0.6 is 0 Å². The van der Waals surface area contributed by atoms with Gasteiger partial charge in [0.1, 0.15) is 12.6 Å². The van der Waals surface area contributed by atoms with Gasteiger partial charge in [0.2, 0.25) is 0 Å². The van der Waals surface area contributed by atoms with Crippen molar-refractivity contribution in [3.63, 3.8) is 0 Å². The fourth-order valence-corrected chi connectivity index (χ4v) is 1.72. The van der Waals surface area contributed by atoms with Crippen molar-refractivity contribution >= 4 is 18.0 Å². The summed E-state index contributed by atoms with van der Waals surface area (Å²) >= 11 is 0. The van der Waals surface area contributed by atoms with Crippen molar-refractivity contribution < 1.29 is 29.3 Å². The highest BCUT2D eigenvalue weighted by atomic mass is 16.5. The first-order chi connectivity index (χ1) is 9.49. The first kappa shape index (κ1) is 16.2. The lowest BCUT2D eigenvalue weighted by Crippen LogP contribution is -2.50. The summed E-state index contributed by atoms with van der Waals surface area (Å²) in [5.41, 5.74) is 0. The Bertz CT molecular complexity index is 369. The Morgan fingerprint density at radius 3 is 2.50 bits per heavy atom. The summed E-state index contributed by atoms with van der Waals surface area (Å²) in [6.07, 6.45) is 1.48. The van der Waals surface area contributed by atoms with Gasteiger partial charge in [0, 0.05) is 19.1 Å². The number of carboxylic acid groups (broad SMARTS) is 1. The van der Waals surface area contributed by atoms with E-state index in [9.17, 15) is 14.4 Å². The Balaban J connectivity index is 2.59. The number of ether oxygens (including phenoxy) is 1. The number of nitrogens with zero attached hydrogens (tertiary/aromatic N) is 1. The van der Waals surface area contributed by atoms with E-state index in [0.29, 0.717) is 0 Å². The van der Waals surface area contributed by atoms with E-state index >= 15 is 0 Å². The van der Waals surface area contributed by atoms with Crippen LogP contribution in [0.1, 0.15) is 26.2 Å². The van der Waals surface area contributed by atoms with Gasteiger partial charge >= 0.3 is 18.0 Å². The summed E-state index contributed by atoms with van der Waals surface area (Å²) in [7, 11) is 0. The molecule has 8 heteroatoms. The van der Waals surface area contributed by atoms with Gasteiger partial charge in [0.05, 0.1) is 6.61 Å². The lowest BCUT2D eigenvalue weighted by Gasteiger charge is -2.24. The number of aliphatic hydroxyl groups excluding tert-OH is 1. The summed E-state index contributed by atoms with van der Waals surface area (Å²) < 4.78 is 4.78. The summed E-state index contributed by atoms with van der Waals surface area (Å²) in [5, 5.41) is 20.0. The largest absolute Gasteiger partial charge is 0.480 e. The lowest BCUT2D eigenvalue weighted by atomic mass is 10.2. The molecule has 1 atom stereocenters. The third kappa shape index (κ3) is 5.04. The molecule has 0 spiro atoms. The number of urea groups is 1. The van der Waals surface area contributed by atoms with Crippen molar-refractivity contribution in [1.82, 2.24) is 10.2 Å². The molecule has 0 bridgehead atoms. The number of carbonyl (C=O) groups is 3. The van der Waals surface area contributed by atoms with Crippen molar-refractivity contribution in [3.8, 4) is 0 Å². The molecule has 0 radical (unpaired) electrons. The molecule has 1 rings (SSSR count). The number of carboxylic acids is 1. The fraction of sp³-hybridized carbons (Fsp3) is 0.750. The Morgan fingerprint density at radius 2 is 2.05 bits per heavy atom. The number of rotatable bonds is 8. The zero-order valence-electron chi connectivity index (χ0n) is 11.4. The molecule has 1 fully saturated rings. The van der Waals surface area contributed by atoms with Crippen molar-refractivity contribution in [2.75, 3.05) is 19.8 Å². The van der Waals surface area contributed by atoms with Crippen LogP contribution in [0, 0.1) is 0 Å². The summed E-state index contributed by atoms with van der Waals surface area (Å²) in [6.45, 7) is 1.34. The van der Waals surface area contributed by atoms with Crippen LogP contribution in [-0.4, -0.2) is 64.9 Å². The predicted octanol–water partition coefficient (Wildman–Crippen LogP) is -0.441. The van der Waals surface area contributed by atoms with Gasteiger partial charge in [-0.05, 0) is 19.8 Å². The summed E-state index contributed by atoms with van der Waals surface area (Å²) in [6, 6.07) is -1.85. The van der Waals surface area contributed by atoms with Crippen molar-refractivity contribution in [1.29, 1.82) is 0 Å². The number of aliphatic hydroxyl groups is 1. The zero-order valence-corrected chi connectivity index (χ0v) is 11.4. The second kappa shape index (κ2) is 7.68. The van der Waals surface area contributed by atoms with Gasteiger partial charge in [-0.3, -0.25) is 4.79 Å². The fourth-order valence-electron chi connectivity index (χ4n) is 1.72. The molecule has 0 aromatic rings. The number of carbonyl (C=O) groups excluding carboxylic acids is 2. The monoisotopic (exact) mass is 288 g/mol. The van der Waals surface area contributed by atoms with Crippen LogP contribution in [0.4, 0.5) is 4.79 Å². The van der Waals surface area contributed by atoms with E-state index in [4.69, 9.17) is 14.9 Å². The predicted molar refractivity (Wildman–Crippen MR) is 68.0 cm³/mol. The van der Waals surface area contributed by atoms with Crippen molar-refractivity contribution in [3.05, 3.63) is 0 Å². The van der Waals surface area contributed by atoms with E-state index in [1.165, 1.54) is 4.90 Å². The molecule has 1 aliphatic rings. The quantitative estimate of drug-likeness (QED) is 0.521. The average Bonchev–Trinajstić information content (AvgIpc) is 3.19. The molecule has 0 aromatic carbocycles. The molecule has 2 amide bonds. The normalized spacial score (nSPS) is 15.3. The highest BCUT2D eigenvalue weighted by Gasteiger charge is 2.35. The molecule has 1 saturated carbocycles. The van der Waals surface area contributed by atoms with Gasteiger partial charge in [-0.2, -0.15) is 0 Å². The topological polar surface area (TPSA) is 116 Å². The van der Waals surface area contributed by atoms with Crippen molar-refractivity contribution in [2.24, 2.45) is 0 Å². The van der Waals surface area contributed by atoms with Gasteiger partial charge < -0.3 is 25.2 Å². The van der Waals surface area contributed by atoms with E-state index < -0.39 is 24.0 Å². The maximum atomic E-state index is 12.0. The molecule has 20 heavy (non-hydrogen) atoms. The van der Waals surface area contributed by atoms with Gasteiger partial charge in [0.15, 0.2) is 0 Å². The molecule has 0 aliphatic heterocycles. The molecule has 0 heterocycles. The molecular weight excluding hydrogens is 268 g/mol.